The maximum Gasteiger partial charge on any atom is 0.178 e. The molecule has 1 aromatic carbocycles. The second-order valence-corrected chi connectivity index (χ2v) is 11.4. The molecule has 0 spiro atoms. The molecule has 156 valence electrons. The van der Waals surface area contributed by atoms with Crippen molar-refractivity contribution in [1.82, 2.24) is 14.5 Å². The summed E-state index contributed by atoms with van der Waals surface area (Å²) >= 11 is 3.79. The lowest BCUT2D eigenvalue weighted by Crippen LogP contribution is -2.58. The Kier molecular flexibility index (Phi) is 4.79. The number of para-hydroxylation sites is 2. The van der Waals surface area contributed by atoms with Crippen molar-refractivity contribution in [3.05, 3.63) is 29.0 Å². The van der Waals surface area contributed by atoms with Crippen LogP contribution >= 0.6 is 15.9 Å². The van der Waals surface area contributed by atoms with Crippen LogP contribution in [0.2, 0.25) is 0 Å². The fraction of sp³-hybridized carbons (Fsp3) is 0.720. The summed E-state index contributed by atoms with van der Waals surface area (Å²) in [6.45, 7) is 2.49. The highest BCUT2D eigenvalue weighted by Gasteiger charge is 2.46. The number of piperidine rings is 2. The van der Waals surface area contributed by atoms with Crippen LogP contribution in [0.1, 0.15) is 77.2 Å². The van der Waals surface area contributed by atoms with Crippen LogP contribution in [0.25, 0.3) is 11.0 Å². The average Bonchev–Trinajstić information content (AvgIpc) is 3.01. The summed E-state index contributed by atoms with van der Waals surface area (Å²) in [7, 11) is 0. The predicted molar refractivity (Wildman–Crippen MR) is 122 cm³/mol. The lowest BCUT2D eigenvalue weighted by atomic mass is 9.65. The van der Waals surface area contributed by atoms with Gasteiger partial charge in [0, 0.05) is 24.2 Å². The number of hydrogen-bond donors (Lipinski definition) is 0. The van der Waals surface area contributed by atoms with Gasteiger partial charge in [0.2, 0.25) is 0 Å². The molecule has 6 rings (SSSR count). The summed E-state index contributed by atoms with van der Waals surface area (Å²) in [5.41, 5.74) is 2.43. The van der Waals surface area contributed by atoms with E-state index >= 15 is 0 Å². The minimum absolute atomic E-state index is 0.589. The number of fused-ring (bicyclic) bond motifs is 5. The summed E-state index contributed by atoms with van der Waals surface area (Å²) in [6.07, 6.45) is 14.3. The third-order valence-electron chi connectivity index (χ3n) is 8.69. The summed E-state index contributed by atoms with van der Waals surface area (Å²) in [6, 6.07) is 11.7. The zero-order chi connectivity index (χ0) is 19.5. The molecular weight excluding hydrogens is 422 g/mol. The monoisotopic (exact) mass is 455 g/mol. The lowest BCUT2D eigenvalue weighted by molar-refractivity contribution is -0.0523. The molecule has 4 heteroatoms. The zero-order valence-electron chi connectivity index (χ0n) is 17.6. The molecule has 2 aromatic rings. The molecule has 0 unspecified atom stereocenters. The Morgan fingerprint density at radius 3 is 2.24 bits per heavy atom. The Bertz CT molecular complexity index is 859. The molecule has 3 heterocycles. The third kappa shape index (κ3) is 3.29. The predicted octanol–water partition coefficient (Wildman–Crippen LogP) is 6.57. The number of rotatable bonds is 2. The second-order valence-electron chi connectivity index (χ2n) is 10.7. The first kappa shape index (κ1) is 18.9. The van der Waals surface area contributed by atoms with Crippen molar-refractivity contribution in [3.63, 3.8) is 0 Å². The molecule has 0 radical (unpaired) electrons. The van der Waals surface area contributed by atoms with Gasteiger partial charge in [-0.3, -0.25) is 4.90 Å². The third-order valence-corrected chi connectivity index (χ3v) is 9.25. The van der Waals surface area contributed by atoms with Gasteiger partial charge < -0.3 is 4.57 Å². The van der Waals surface area contributed by atoms with Crippen molar-refractivity contribution in [2.75, 3.05) is 0 Å². The lowest BCUT2D eigenvalue weighted by Gasteiger charge is -2.55. The molecule has 2 saturated carbocycles. The standard InChI is InChI=1S/C25H34BrN3/c1-16-9-17-11-18(10-16)13-21(12-17)28-19-5-4-6-20(28)15-22(14-19)29-24-8-3-2-7-23(24)27-25(29)26/h2-3,7-8,16-22H,4-6,9-15H2,1H3/t16-,17-,18+,19-,20+,21+,22+. The zero-order valence-corrected chi connectivity index (χ0v) is 19.2. The minimum atomic E-state index is 0.589. The first-order valence-electron chi connectivity index (χ1n) is 12.1. The molecule has 3 nitrogen and oxygen atoms in total. The summed E-state index contributed by atoms with van der Waals surface area (Å²) in [5, 5.41) is 0. The van der Waals surface area contributed by atoms with E-state index in [1.807, 2.05) is 0 Å². The number of imidazole rings is 1. The van der Waals surface area contributed by atoms with Gasteiger partial charge in [-0.05, 0) is 104 Å². The van der Waals surface area contributed by atoms with E-state index in [4.69, 9.17) is 4.98 Å². The fourth-order valence-corrected chi connectivity index (χ4v) is 8.62. The van der Waals surface area contributed by atoms with Gasteiger partial charge in [0.05, 0.1) is 11.0 Å². The molecule has 2 aliphatic carbocycles. The van der Waals surface area contributed by atoms with Crippen LogP contribution in [0.5, 0.6) is 0 Å². The number of nitrogens with zero attached hydrogens (tertiary/aromatic N) is 3. The van der Waals surface area contributed by atoms with Gasteiger partial charge in [0.1, 0.15) is 0 Å². The van der Waals surface area contributed by atoms with E-state index in [9.17, 15) is 0 Å². The van der Waals surface area contributed by atoms with Gasteiger partial charge in [-0.15, -0.1) is 0 Å². The van der Waals surface area contributed by atoms with E-state index in [-0.39, 0.29) is 0 Å². The fourth-order valence-electron chi connectivity index (χ4n) is 7.95. The van der Waals surface area contributed by atoms with E-state index in [1.54, 1.807) is 0 Å². The molecule has 2 aliphatic heterocycles. The van der Waals surface area contributed by atoms with Crippen LogP contribution in [0.4, 0.5) is 0 Å². The Morgan fingerprint density at radius 1 is 0.828 bits per heavy atom. The molecule has 0 N–H and O–H groups in total. The highest BCUT2D eigenvalue weighted by atomic mass is 79.9. The van der Waals surface area contributed by atoms with Gasteiger partial charge >= 0.3 is 0 Å². The molecule has 4 aliphatic rings. The second kappa shape index (κ2) is 7.37. The molecule has 29 heavy (non-hydrogen) atoms. The van der Waals surface area contributed by atoms with Crippen molar-refractivity contribution in [3.8, 4) is 0 Å². The smallest absolute Gasteiger partial charge is 0.178 e. The Morgan fingerprint density at radius 2 is 1.52 bits per heavy atom. The van der Waals surface area contributed by atoms with Crippen LogP contribution < -0.4 is 0 Å². The molecule has 1 aromatic heterocycles. The Labute approximate surface area is 183 Å². The van der Waals surface area contributed by atoms with E-state index < -0.39 is 0 Å². The van der Waals surface area contributed by atoms with Gasteiger partial charge in [0.15, 0.2) is 4.73 Å². The summed E-state index contributed by atoms with van der Waals surface area (Å²) in [5.74, 6) is 2.98. The molecular formula is C25H34BrN3. The average molecular weight is 456 g/mol. The van der Waals surface area contributed by atoms with Crippen molar-refractivity contribution < 1.29 is 0 Å². The maximum absolute atomic E-state index is 4.80. The highest BCUT2D eigenvalue weighted by molar-refractivity contribution is 9.10. The van der Waals surface area contributed by atoms with Gasteiger partial charge in [-0.1, -0.05) is 25.5 Å². The Hall–Kier alpha value is -0.870. The Balaban J connectivity index is 1.26. The van der Waals surface area contributed by atoms with Crippen molar-refractivity contribution >= 4 is 27.0 Å². The van der Waals surface area contributed by atoms with Gasteiger partial charge in [-0.25, -0.2) is 4.98 Å². The topological polar surface area (TPSA) is 21.1 Å². The normalized spacial score (nSPS) is 40.3. The highest BCUT2D eigenvalue weighted by Crippen LogP contribution is 2.49. The number of halogens is 1. The first-order valence-corrected chi connectivity index (χ1v) is 12.8. The van der Waals surface area contributed by atoms with Crippen LogP contribution in [0.3, 0.4) is 0 Å². The summed E-state index contributed by atoms with van der Waals surface area (Å²) in [4.78, 5) is 7.86. The van der Waals surface area contributed by atoms with E-state index in [0.717, 1.165) is 46.1 Å². The molecule has 4 bridgehead atoms. The molecule has 0 amide bonds. The number of aromatic nitrogens is 2. The van der Waals surface area contributed by atoms with Crippen LogP contribution in [0.15, 0.2) is 29.0 Å². The van der Waals surface area contributed by atoms with Crippen molar-refractivity contribution in [1.29, 1.82) is 0 Å². The van der Waals surface area contributed by atoms with Crippen molar-refractivity contribution in [2.45, 2.75) is 95.3 Å². The minimum Gasteiger partial charge on any atom is -0.315 e. The molecule has 7 atom stereocenters. The number of hydrogen-bond acceptors (Lipinski definition) is 2. The molecule has 4 fully saturated rings. The van der Waals surface area contributed by atoms with E-state index in [1.165, 1.54) is 69.7 Å². The quantitative estimate of drug-likeness (QED) is 0.510. The molecule has 2 saturated heterocycles. The summed E-state index contributed by atoms with van der Waals surface area (Å²) < 4.78 is 3.53. The van der Waals surface area contributed by atoms with Crippen molar-refractivity contribution in [2.24, 2.45) is 17.8 Å². The van der Waals surface area contributed by atoms with Crippen LogP contribution in [-0.4, -0.2) is 32.6 Å². The SMILES string of the molecule is C[C@@H]1C[C@@H]2C[C@H](C1)C[C@@H](N1[C@@H]3CCC[C@H]1C[C@@H](n1c(Br)nc4ccccc41)C3)C2. The van der Waals surface area contributed by atoms with E-state index in [0.29, 0.717) is 6.04 Å². The van der Waals surface area contributed by atoms with E-state index in [2.05, 4.69) is 56.6 Å². The van der Waals surface area contributed by atoms with Gasteiger partial charge in [-0.2, -0.15) is 0 Å². The first-order chi connectivity index (χ1) is 14.2. The number of benzene rings is 1. The maximum atomic E-state index is 4.80. The van der Waals surface area contributed by atoms with Crippen LogP contribution in [0, 0.1) is 17.8 Å². The van der Waals surface area contributed by atoms with Gasteiger partial charge in [0.25, 0.3) is 0 Å². The largest absolute Gasteiger partial charge is 0.315 e. The van der Waals surface area contributed by atoms with Crippen LogP contribution in [-0.2, 0) is 0 Å².